The van der Waals surface area contributed by atoms with E-state index in [-0.39, 0.29) is 11.9 Å². The van der Waals surface area contributed by atoms with Crippen molar-refractivity contribution < 1.29 is 9.32 Å². The first-order valence-corrected chi connectivity index (χ1v) is 7.48. The second-order valence-electron chi connectivity index (χ2n) is 5.83. The molecule has 0 N–H and O–H groups in total. The van der Waals surface area contributed by atoms with Crippen LogP contribution >= 0.6 is 0 Å². The van der Waals surface area contributed by atoms with Crippen molar-refractivity contribution in [2.75, 3.05) is 0 Å². The number of likely N-dealkylation sites (tertiary alicyclic amines) is 1. The van der Waals surface area contributed by atoms with E-state index in [9.17, 15) is 4.79 Å². The van der Waals surface area contributed by atoms with E-state index in [1.165, 1.54) is 0 Å². The minimum absolute atomic E-state index is 0.0716. The van der Waals surface area contributed by atoms with Gasteiger partial charge in [-0.25, -0.2) is 0 Å². The quantitative estimate of drug-likeness (QED) is 0.865. The van der Waals surface area contributed by atoms with Gasteiger partial charge in [-0.1, -0.05) is 35.5 Å². The van der Waals surface area contributed by atoms with Crippen molar-refractivity contribution in [2.45, 2.75) is 44.2 Å². The Morgan fingerprint density at radius 2 is 2.00 bits per heavy atom. The lowest BCUT2D eigenvalue weighted by atomic mass is 10.2. The van der Waals surface area contributed by atoms with Crippen molar-refractivity contribution in [2.24, 2.45) is 0 Å². The molecule has 2 aromatic rings. The van der Waals surface area contributed by atoms with Gasteiger partial charge in [0.1, 0.15) is 6.04 Å². The van der Waals surface area contributed by atoms with E-state index in [1.807, 2.05) is 35.2 Å². The van der Waals surface area contributed by atoms with E-state index in [2.05, 4.69) is 10.1 Å². The largest absolute Gasteiger partial charge is 0.337 e. The van der Waals surface area contributed by atoms with Crippen molar-refractivity contribution >= 4 is 5.91 Å². The highest BCUT2D eigenvalue weighted by molar-refractivity contribution is 5.78. The number of amides is 1. The molecule has 1 atom stereocenters. The second kappa shape index (κ2) is 4.98. The molecule has 4 rings (SSSR count). The first-order chi connectivity index (χ1) is 10.3. The van der Waals surface area contributed by atoms with Gasteiger partial charge in [0.05, 0.1) is 0 Å². The van der Waals surface area contributed by atoms with Crippen LogP contribution < -0.4 is 0 Å². The molecule has 2 fully saturated rings. The number of aromatic nitrogens is 2. The van der Waals surface area contributed by atoms with Gasteiger partial charge in [0.25, 0.3) is 0 Å². The highest BCUT2D eigenvalue weighted by atomic mass is 16.5. The van der Waals surface area contributed by atoms with Crippen LogP contribution in [0.5, 0.6) is 0 Å². The Hall–Kier alpha value is -2.17. The van der Waals surface area contributed by atoms with Crippen LogP contribution in [0.25, 0.3) is 0 Å². The Balaban J connectivity index is 1.56. The molecule has 1 aliphatic heterocycles. The van der Waals surface area contributed by atoms with Crippen molar-refractivity contribution in [1.82, 2.24) is 15.0 Å². The Bertz CT molecular complexity index is 649. The Labute approximate surface area is 123 Å². The fourth-order valence-corrected chi connectivity index (χ4v) is 2.86. The van der Waals surface area contributed by atoms with E-state index in [0.717, 1.165) is 30.7 Å². The van der Waals surface area contributed by atoms with Crippen LogP contribution in [-0.4, -0.2) is 20.9 Å². The van der Waals surface area contributed by atoms with Crippen LogP contribution in [0, 0.1) is 0 Å². The third kappa shape index (κ3) is 2.44. The average Bonchev–Trinajstić information content (AvgIpc) is 3.14. The second-order valence-corrected chi connectivity index (χ2v) is 5.83. The van der Waals surface area contributed by atoms with Crippen LogP contribution in [0.15, 0.2) is 34.9 Å². The lowest BCUT2D eigenvalue weighted by Crippen LogP contribution is -2.27. The van der Waals surface area contributed by atoms with Gasteiger partial charge in [-0.2, -0.15) is 4.98 Å². The molecular weight excluding hydrogens is 266 g/mol. The van der Waals surface area contributed by atoms with Crippen LogP contribution in [0.2, 0.25) is 0 Å². The van der Waals surface area contributed by atoms with Crippen LogP contribution in [0.1, 0.15) is 54.9 Å². The lowest BCUT2D eigenvalue weighted by Gasteiger charge is -2.22. The van der Waals surface area contributed by atoms with Gasteiger partial charge in [-0.05, 0) is 24.8 Å². The van der Waals surface area contributed by atoms with E-state index in [1.54, 1.807) is 0 Å². The fourth-order valence-electron chi connectivity index (χ4n) is 2.86. The molecule has 1 aromatic heterocycles. The van der Waals surface area contributed by atoms with Crippen LogP contribution in [0.3, 0.4) is 0 Å². The third-order valence-electron chi connectivity index (χ3n) is 4.21. The molecule has 2 aliphatic rings. The molecular formula is C16H17N3O2. The number of carbonyl (C=O) groups is 1. The Morgan fingerprint density at radius 1 is 1.19 bits per heavy atom. The molecule has 1 aliphatic carbocycles. The number of carbonyl (C=O) groups excluding carboxylic acids is 1. The molecule has 0 unspecified atom stereocenters. The van der Waals surface area contributed by atoms with Gasteiger partial charge in [0.2, 0.25) is 11.8 Å². The summed E-state index contributed by atoms with van der Waals surface area (Å²) in [6, 6.07) is 9.95. The average molecular weight is 283 g/mol. The van der Waals surface area contributed by atoms with Gasteiger partial charge in [-0.3, -0.25) is 4.79 Å². The topological polar surface area (TPSA) is 59.2 Å². The monoisotopic (exact) mass is 283 g/mol. The molecule has 0 bridgehead atoms. The molecule has 1 saturated carbocycles. The summed E-state index contributed by atoms with van der Waals surface area (Å²) in [5, 5.41) is 4.07. The van der Waals surface area contributed by atoms with Crippen molar-refractivity contribution in [1.29, 1.82) is 0 Å². The number of hydrogen-bond acceptors (Lipinski definition) is 4. The van der Waals surface area contributed by atoms with E-state index in [0.29, 0.717) is 24.8 Å². The number of rotatable bonds is 4. The fraction of sp³-hybridized carbons (Fsp3) is 0.438. The highest BCUT2D eigenvalue weighted by Gasteiger charge is 2.37. The summed E-state index contributed by atoms with van der Waals surface area (Å²) in [6.07, 6.45) is 3.61. The summed E-state index contributed by atoms with van der Waals surface area (Å²) in [7, 11) is 0. The number of hydrogen-bond donors (Lipinski definition) is 0. The molecule has 0 spiro atoms. The molecule has 108 valence electrons. The van der Waals surface area contributed by atoms with Gasteiger partial charge in [0, 0.05) is 18.9 Å². The molecule has 1 saturated heterocycles. The molecule has 1 aromatic carbocycles. The van der Waals surface area contributed by atoms with Crippen LogP contribution in [0.4, 0.5) is 0 Å². The smallest absolute Gasteiger partial charge is 0.249 e. The van der Waals surface area contributed by atoms with E-state index >= 15 is 0 Å². The maximum atomic E-state index is 12.2. The Kier molecular flexibility index (Phi) is 2.98. The van der Waals surface area contributed by atoms with Crippen molar-refractivity contribution in [3.8, 4) is 0 Å². The summed E-state index contributed by atoms with van der Waals surface area (Å²) in [6.45, 7) is 0.603. The summed E-state index contributed by atoms with van der Waals surface area (Å²) < 4.78 is 5.41. The first-order valence-electron chi connectivity index (χ1n) is 7.48. The Morgan fingerprint density at radius 3 is 2.76 bits per heavy atom. The van der Waals surface area contributed by atoms with E-state index < -0.39 is 0 Å². The SMILES string of the molecule is O=C1CC[C@@H](c2nc(C3CC3)no2)N1Cc1ccccc1. The predicted octanol–water partition coefficient (Wildman–Crippen LogP) is 2.81. The number of benzene rings is 1. The maximum absolute atomic E-state index is 12.2. The number of nitrogens with zero attached hydrogens (tertiary/aromatic N) is 3. The molecule has 5 heteroatoms. The van der Waals surface area contributed by atoms with E-state index in [4.69, 9.17) is 4.52 Å². The van der Waals surface area contributed by atoms with Gasteiger partial charge < -0.3 is 9.42 Å². The zero-order valence-corrected chi connectivity index (χ0v) is 11.7. The molecule has 2 heterocycles. The van der Waals surface area contributed by atoms with Crippen molar-refractivity contribution in [3.05, 3.63) is 47.6 Å². The first kappa shape index (κ1) is 12.6. The highest BCUT2D eigenvalue weighted by Crippen LogP contribution is 2.40. The van der Waals surface area contributed by atoms with Gasteiger partial charge in [-0.15, -0.1) is 0 Å². The summed E-state index contributed by atoms with van der Waals surface area (Å²) in [4.78, 5) is 18.5. The molecule has 5 nitrogen and oxygen atoms in total. The van der Waals surface area contributed by atoms with Gasteiger partial charge in [0.15, 0.2) is 5.82 Å². The van der Waals surface area contributed by atoms with Gasteiger partial charge >= 0.3 is 0 Å². The summed E-state index contributed by atoms with van der Waals surface area (Å²) in [5.74, 6) is 2.04. The zero-order valence-electron chi connectivity index (χ0n) is 11.7. The maximum Gasteiger partial charge on any atom is 0.249 e. The predicted molar refractivity (Wildman–Crippen MR) is 75.2 cm³/mol. The summed E-state index contributed by atoms with van der Waals surface area (Å²) >= 11 is 0. The summed E-state index contributed by atoms with van der Waals surface area (Å²) in [5.41, 5.74) is 1.12. The lowest BCUT2D eigenvalue weighted by molar-refractivity contribution is -0.129. The molecule has 0 radical (unpaired) electrons. The standard InChI is InChI=1S/C16H17N3O2/c20-14-9-8-13(16-17-15(18-21-16)12-6-7-12)19(14)10-11-4-2-1-3-5-11/h1-5,12-13H,6-10H2/t13-/m0/s1. The molecule has 21 heavy (non-hydrogen) atoms. The zero-order chi connectivity index (χ0) is 14.2. The minimum atomic E-state index is -0.0716. The third-order valence-corrected chi connectivity index (χ3v) is 4.21. The molecule has 1 amide bonds. The minimum Gasteiger partial charge on any atom is -0.337 e. The van der Waals surface area contributed by atoms with Crippen molar-refractivity contribution in [3.63, 3.8) is 0 Å². The normalized spacial score (nSPS) is 22.0. The van der Waals surface area contributed by atoms with Crippen LogP contribution in [-0.2, 0) is 11.3 Å².